The van der Waals surface area contributed by atoms with E-state index in [1.165, 1.54) is 18.9 Å². The van der Waals surface area contributed by atoms with Gasteiger partial charge in [0.2, 0.25) is 6.79 Å². The lowest BCUT2D eigenvalue weighted by molar-refractivity contribution is -0.118. The minimum atomic E-state index is -0.356. The average molecular weight is 491 g/mol. The molecule has 3 aromatic carbocycles. The number of nitrogens with one attached hydrogen (secondary N) is 1. The van der Waals surface area contributed by atoms with Crippen molar-refractivity contribution in [2.45, 2.75) is 33.2 Å². The number of amides is 1. The first kappa shape index (κ1) is 24.1. The molecule has 188 valence electrons. The number of hydrogen-bond acceptors (Lipinski definition) is 5. The summed E-state index contributed by atoms with van der Waals surface area (Å²) in [5.41, 5.74) is 3.94. The molecular weight excluding hydrogens is 459 g/mol. The van der Waals surface area contributed by atoms with Crippen LogP contribution < -0.4 is 19.5 Å². The minimum Gasteiger partial charge on any atom is -0.483 e. The molecule has 6 nitrogen and oxygen atoms in total. The van der Waals surface area contributed by atoms with Crippen LogP contribution in [0.15, 0.2) is 54.6 Å². The number of nitrogens with zero attached hydrogens (tertiary/aromatic N) is 1. The summed E-state index contributed by atoms with van der Waals surface area (Å²) < 4.78 is 30.8. The van der Waals surface area contributed by atoms with Gasteiger partial charge in [-0.15, -0.1) is 0 Å². The summed E-state index contributed by atoms with van der Waals surface area (Å²) >= 11 is 0. The van der Waals surface area contributed by atoms with Gasteiger partial charge in [0.15, 0.2) is 18.1 Å². The molecule has 2 heterocycles. The molecule has 0 aromatic heterocycles. The third-order valence-corrected chi connectivity index (χ3v) is 6.80. The molecular formula is C29H31FN2O4. The fraction of sp³-hybridized carbons (Fsp3) is 0.345. The average Bonchev–Trinajstić information content (AvgIpc) is 3.34. The number of piperidine rings is 1. The van der Waals surface area contributed by atoms with E-state index >= 15 is 0 Å². The summed E-state index contributed by atoms with van der Waals surface area (Å²) in [6, 6.07) is 16.6. The van der Waals surface area contributed by atoms with E-state index in [0.29, 0.717) is 22.9 Å². The molecule has 1 amide bonds. The Bertz CT molecular complexity index is 1260. The molecule has 7 heteroatoms. The number of likely N-dealkylation sites (tertiary alicyclic amines) is 1. The van der Waals surface area contributed by atoms with Crippen LogP contribution in [0.4, 0.5) is 10.1 Å². The SMILES string of the molecule is Cc1c(F)cccc1NC(=O)COc1ccc(-c2ccc3c(c2)OCO3)cc1CN1CCCC(C)C1. The zero-order chi connectivity index (χ0) is 25.1. The molecule has 2 aliphatic heterocycles. The van der Waals surface area contributed by atoms with E-state index < -0.39 is 0 Å². The molecule has 1 saturated heterocycles. The van der Waals surface area contributed by atoms with Gasteiger partial charge in [-0.3, -0.25) is 9.69 Å². The standard InChI is InChI=1S/C29H31FN2O4/c1-19-5-4-12-32(15-19)16-23-13-21(22-9-11-27-28(14-22)36-18-35-27)8-10-26(23)34-17-29(33)31-25-7-3-6-24(30)20(25)2/h3,6-11,13-14,19H,4-5,12,15-18H2,1-2H3,(H,31,33). The van der Waals surface area contributed by atoms with Gasteiger partial charge in [-0.05, 0) is 79.8 Å². The van der Waals surface area contributed by atoms with Crippen LogP contribution in [0.3, 0.4) is 0 Å². The highest BCUT2D eigenvalue weighted by atomic mass is 19.1. The van der Waals surface area contributed by atoms with Crippen molar-refractivity contribution in [3.63, 3.8) is 0 Å². The number of ether oxygens (including phenoxy) is 3. The Morgan fingerprint density at radius 2 is 1.92 bits per heavy atom. The van der Waals surface area contributed by atoms with Gasteiger partial charge in [0, 0.05) is 29.9 Å². The molecule has 0 bridgehead atoms. The molecule has 3 aromatic rings. The number of rotatable bonds is 7. The highest BCUT2D eigenvalue weighted by Crippen LogP contribution is 2.37. The summed E-state index contributed by atoms with van der Waals surface area (Å²) in [5.74, 6) is 2.13. The van der Waals surface area contributed by atoms with Crippen LogP contribution in [0.1, 0.15) is 30.9 Å². The van der Waals surface area contributed by atoms with E-state index in [9.17, 15) is 9.18 Å². The first-order valence-electron chi connectivity index (χ1n) is 12.4. The summed E-state index contributed by atoms with van der Waals surface area (Å²) in [5, 5.41) is 2.75. The molecule has 0 spiro atoms. The highest BCUT2D eigenvalue weighted by Gasteiger charge is 2.20. The predicted octanol–water partition coefficient (Wildman–Crippen LogP) is 5.78. The second-order valence-corrected chi connectivity index (χ2v) is 9.62. The molecule has 1 unspecified atom stereocenters. The Morgan fingerprint density at radius 3 is 2.78 bits per heavy atom. The summed E-state index contributed by atoms with van der Waals surface area (Å²) in [6.45, 7) is 6.81. The maximum Gasteiger partial charge on any atom is 0.262 e. The zero-order valence-corrected chi connectivity index (χ0v) is 20.7. The number of fused-ring (bicyclic) bond motifs is 1. The number of carbonyl (C=O) groups excluding carboxylic acids is 1. The topological polar surface area (TPSA) is 60.0 Å². The van der Waals surface area contributed by atoms with E-state index in [-0.39, 0.29) is 25.1 Å². The normalized spacial score (nSPS) is 17.1. The fourth-order valence-corrected chi connectivity index (χ4v) is 4.84. The number of anilines is 1. The number of carbonyl (C=O) groups is 1. The second-order valence-electron chi connectivity index (χ2n) is 9.62. The Labute approximate surface area is 211 Å². The maximum atomic E-state index is 13.8. The number of halogens is 1. The van der Waals surface area contributed by atoms with Gasteiger partial charge in [0.05, 0.1) is 0 Å². The molecule has 2 aliphatic rings. The smallest absolute Gasteiger partial charge is 0.262 e. The lowest BCUT2D eigenvalue weighted by Crippen LogP contribution is -2.33. The zero-order valence-electron chi connectivity index (χ0n) is 20.7. The lowest BCUT2D eigenvalue weighted by atomic mass is 9.98. The van der Waals surface area contributed by atoms with Gasteiger partial charge in [0.25, 0.3) is 5.91 Å². The molecule has 1 atom stereocenters. The van der Waals surface area contributed by atoms with Crippen molar-refractivity contribution in [1.82, 2.24) is 4.90 Å². The fourth-order valence-electron chi connectivity index (χ4n) is 4.84. The third kappa shape index (κ3) is 5.46. The summed E-state index contributed by atoms with van der Waals surface area (Å²) in [7, 11) is 0. The van der Waals surface area contributed by atoms with Gasteiger partial charge in [0.1, 0.15) is 11.6 Å². The Balaban J connectivity index is 1.35. The van der Waals surface area contributed by atoms with Crippen molar-refractivity contribution < 1.29 is 23.4 Å². The quantitative estimate of drug-likeness (QED) is 0.455. The largest absolute Gasteiger partial charge is 0.483 e. The van der Waals surface area contributed by atoms with Gasteiger partial charge in [-0.25, -0.2) is 4.39 Å². The van der Waals surface area contributed by atoms with E-state index in [0.717, 1.165) is 47.8 Å². The van der Waals surface area contributed by atoms with Gasteiger partial charge >= 0.3 is 0 Å². The number of hydrogen-bond donors (Lipinski definition) is 1. The Hall–Kier alpha value is -3.58. The molecule has 5 rings (SSSR count). The van der Waals surface area contributed by atoms with Gasteiger partial charge in [-0.1, -0.05) is 25.1 Å². The molecule has 0 radical (unpaired) electrons. The number of benzene rings is 3. The second kappa shape index (κ2) is 10.6. The molecule has 36 heavy (non-hydrogen) atoms. The van der Waals surface area contributed by atoms with Crippen molar-refractivity contribution in [3.8, 4) is 28.4 Å². The van der Waals surface area contributed by atoms with Crippen molar-refractivity contribution in [3.05, 3.63) is 71.5 Å². The van der Waals surface area contributed by atoms with Gasteiger partial charge in [-0.2, -0.15) is 0 Å². The van der Waals surface area contributed by atoms with Gasteiger partial charge < -0.3 is 19.5 Å². The van der Waals surface area contributed by atoms with Crippen LogP contribution in [-0.4, -0.2) is 37.3 Å². The van der Waals surface area contributed by atoms with E-state index in [1.54, 1.807) is 19.1 Å². The molecule has 1 N–H and O–H groups in total. The van der Waals surface area contributed by atoms with Crippen LogP contribution in [0.25, 0.3) is 11.1 Å². The van der Waals surface area contributed by atoms with Crippen molar-refractivity contribution in [2.75, 3.05) is 31.8 Å². The monoisotopic (exact) mass is 490 g/mol. The van der Waals surface area contributed by atoms with Crippen molar-refractivity contribution in [2.24, 2.45) is 5.92 Å². The Kier molecular flexibility index (Phi) is 7.09. The summed E-state index contributed by atoms with van der Waals surface area (Å²) in [6.07, 6.45) is 2.42. The predicted molar refractivity (Wildman–Crippen MR) is 137 cm³/mol. The third-order valence-electron chi connectivity index (χ3n) is 6.80. The lowest BCUT2D eigenvalue weighted by Gasteiger charge is -2.31. The molecule has 0 aliphatic carbocycles. The van der Waals surface area contributed by atoms with E-state index in [2.05, 4.69) is 23.2 Å². The minimum absolute atomic E-state index is 0.164. The van der Waals surface area contributed by atoms with Crippen LogP contribution in [0.5, 0.6) is 17.2 Å². The maximum absolute atomic E-state index is 13.8. The highest BCUT2D eigenvalue weighted by molar-refractivity contribution is 5.92. The summed E-state index contributed by atoms with van der Waals surface area (Å²) in [4.78, 5) is 15.0. The Morgan fingerprint density at radius 1 is 1.11 bits per heavy atom. The van der Waals surface area contributed by atoms with Crippen LogP contribution >= 0.6 is 0 Å². The first-order valence-corrected chi connectivity index (χ1v) is 12.4. The van der Waals surface area contributed by atoms with Crippen LogP contribution in [0, 0.1) is 18.7 Å². The first-order chi connectivity index (χ1) is 17.5. The molecule has 1 fully saturated rings. The van der Waals surface area contributed by atoms with Crippen molar-refractivity contribution in [1.29, 1.82) is 0 Å². The van der Waals surface area contributed by atoms with E-state index in [4.69, 9.17) is 14.2 Å². The van der Waals surface area contributed by atoms with Crippen LogP contribution in [0.2, 0.25) is 0 Å². The van der Waals surface area contributed by atoms with Crippen molar-refractivity contribution >= 4 is 11.6 Å². The van der Waals surface area contributed by atoms with Crippen LogP contribution in [-0.2, 0) is 11.3 Å². The van der Waals surface area contributed by atoms with E-state index in [1.807, 2.05) is 30.3 Å². The molecule has 0 saturated carbocycles.